The van der Waals surface area contributed by atoms with Crippen molar-refractivity contribution in [1.29, 1.82) is 5.26 Å². The van der Waals surface area contributed by atoms with Crippen LogP contribution >= 0.6 is 0 Å². The Kier molecular flexibility index (Phi) is 7.40. The van der Waals surface area contributed by atoms with E-state index < -0.39 is 0 Å². The maximum Gasteiger partial charge on any atom is 0.0822 e. The van der Waals surface area contributed by atoms with E-state index in [2.05, 4.69) is 44.2 Å². The van der Waals surface area contributed by atoms with Gasteiger partial charge in [0.05, 0.1) is 11.5 Å². The smallest absolute Gasteiger partial charge is 0.0822 e. The van der Waals surface area contributed by atoms with Crippen LogP contribution in [0.1, 0.15) is 102 Å². The van der Waals surface area contributed by atoms with E-state index in [1.54, 1.807) is 0 Å². The summed E-state index contributed by atoms with van der Waals surface area (Å²) >= 11 is 0. The highest BCUT2D eigenvalue weighted by molar-refractivity contribution is 5.35. The lowest BCUT2D eigenvalue weighted by molar-refractivity contribution is 0.143. The molecule has 0 N–H and O–H groups in total. The Labute approximate surface area is 167 Å². The van der Waals surface area contributed by atoms with Crippen molar-refractivity contribution in [2.24, 2.45) is 17.8 Å². The van der Waals surface area contributed by atoms with Crippen molar-refractivity contribution in [2.45, 2.75) is 103 Å². The fourth-order valence-corrected chi connectivity index (χ4v) is 5.76. The quantitative estimate of drug-likeness (QED) is 0.457. The van der Waals surface area contributed by atoms with Gasteiger partial charge >= 0.3 is 0 Å². The number of aryl methyl sites for hydroxylation is 1. The van der Waals surface area contributed by atoms with Gasteiger partial charge in [0.15, 0.2) is 0 Å². The van der Waals surface area contributed by atoms with Crippen LogP contribution < -0.4 is 0 Å². The molecule has 27 heavy (non-hydrogen) atoms. The van der Waals surface area contributed by atoms with Crippen LogP contribution in [-0.2, 0) is 11.8 Å². The van der Waals surface area contributed by atoms with Gasteiger partial charge in [0.1, 0.15) is 0 Å². The monoisotopic (exact) mass is 365 g/mol. The summed E-state index contributed by atoms with van der Waals surface area (Å²) in [5.74, 6) is 2.82. The Balaban J connectivity index is 1.51. The zero-order chi connectivity index (χ0) is 19.1. The topological polar surface area (TPSA) is 23.8 Å². The van der Waals surface area contributed by atoms with Crippen molar-refractivity contribution in [1.82, 2.24) is 0 Å². The van der Waals surface area contributed by atoms with Gasteiger partial charge in [-0.1, -0.05) is 76.6 Å². The molecule has 0 aliphatic heterocycles. The van der Waals surface area contributed by atoms with Gasteiger partial charge in [-0.15, -0.1) is 0 Å². The highest BCUT2D eigenvalue weighted by atomic mass is 14.5. The predicted molar refractivity (Wildman–Crippen MR) is 115 cm³/mol. The number of unbranched alkanes of at least 4 members (excludes halogenated alkanes) is 2. The highest BCUT2D eigenvalue weighted by Gasteiger charge is 2.39. The van der Waals surface area contributed by atoms with E-state index in [1.165, 1.54) is 75.3 Å². The van der Waals surface area contributed by atoms with Crippen LogP contribution in [0.15, 0.2) is 24.3 Å². The van der Waals surface area contributed by atoms with Gasteiger partial charge < -0.3 is 0 Å². The third kappa shape index (κ3) is 4.96. The Bertz CT molecular complexity index is 592. The largest absolute Gasteiger partial charge is 0.197 e. The summed E-state index contributed by atoms with van der Waals surface area (Å²) in [7, 11) is 0. The lowest BCUT2D eigenvalue weighted by Crippen LogP contribution is -2.33. The van der Waals surface area contributed by atoms with Gasteiger partial charge in [0, 0.05) is 0 Å². The predicted octanol–water partition coefficient (Wildman–Crippen LogP) is 7.59. The molecular formula is C26H39N. The van der Waals surface area contributed by atoms with E-state index in [0.717, 1.165) is 37.0 Å². The number of hydrogen-bond donors (Lipinski definition) is 0. The third-order valence-electron chi connectivity index (χ3n) is 7.79. The number of benzene rings is 1. The van der Waals surface area contributed by atoms with E-state index in [1.807, 2.05) is 0 Å². The minimum Gasteiger partial charge on any atom is -0.197 e. The van der Waals surface area contributed by atoms with Crippen LogP contribution in [-0.4, -0.2) is 0 Å². The van der Waals surface area contributed by atoms with Crippen molar-refractivity contribution < 1.29 is 0 Å². The molecule has 1 aromatic carbocycles. The molecule has 0 atom stereocenters. The summed E-state index contributed by atoms with van der Waals surface area (Å²) in [6, 6.07) is 11.6. The van der Waals surface area contributed by atoms with Gasteiger partial charge in [-0.2, -0.15) is 5.26 Å². The molecule has 0 saturated heterocycles. The lowest BCUT2D eigenvalue weighted by atomic mass is 9.62. The molecule has 2 fully saturated rings. The zero-order valence-electron chi connectivity index (χ0n) is 17.7. The van der Waals surface area contributed by atoms with Crippen LogP contribution in [0.25, 0.3) is 0 Å². The van der Waals surface area contributed by atoms with E-state index in [0.29, 0.717) is 0 Å². The molecular weight excluding hydrogens is 326 g/mol. The van der Waals surface area contributed by atoms with E-state index >= 15 is 0 Å². The molecule has 2 saturated carbocycles. The minimum absolute atomic E-state index is 0.222. The highest BCUT2D eigenvalue weighted by Crippen LogP contribution is 2.47. The van der Waals surface area contributed by atoms with Crippen molar-refractivity contribution in [2.75, 3.05) is 0 Å². The molecule has 0 bridgehead atoms. The minimum atomic E-state index is -0.222. The van der Waals surface area contributed by atoms with Gasteiger partial charge in [-0.05, 0) is 73.8 Å². The molecule has 2 aliphatic rings. The van der Waals surface area contributed by atoms with Crippen molar-refractivity contribution >= 4 is 0 Å². The first-order valence-corrected chi connectivity index (χ1v) is 11.7. The number of nitrogens with zero attached hydrogens (tertiary/aromatic N) is 1. The Morgan fingerprint density at radius 2 is 1.52 bits per heavy atom. The van der Waals surface area contributed by atoms with E-state index in [4.69, 9.17) is 0 Å². The SMILES string of the molecule is CCCCCC1CCC(C2CCC(C#N)(c3ccc(CC)cc3)CC2)CC1. The van der Waals surface area contributed by atoms with Crippen LogP contribution in [0.5, 0.6) is 0 Å². The maximum absolute atomic E-state index is 10.0. The zero-order valence-corrected chi connectivity index (χ0v) is 17.7. The summed E-state index contributed by atoms with van der Waals surface area (Å²) in [6.45, 7) is 4.50. The summed E-state index contributed by atoms with van der Waals surface area (Å²) < 4.78 is 0. The molecule has 0 aromatic heterocycles. The van der Waals surface area contributed by atoms with Crippen molar-refractivity contribution in [3.8, 4) is 6.07 Å². The summed E-state index contributed by atoms with van der Waals surface area (Å²) in [4.78, 5) is 0. The second-order valence-corrected chi connectivity index (χ2v) is 9.36. The Hall–Kier alpha value is -1.29. The first-order valence-electron chi connectivity index (χ1n) is 11.7. The molecule has 148 valence electrons. The first kappa shape index (κ1) is 20.4. The summed E-state index contributed by atoms with van der Waals surface area (Å²) in [6.07, 6.45) is 17.2. The maximum atomic E-state index is 10.0. The number of rotatable bonds is 7. The van der Waals surface area contributed by atoms with Crippen LogP contribution in [0.4, 0.5) is 0 Å². The van der Waals surface area contributed by atoms with Gasteiger partial charge in [0.2, 0.25) is 0 Å². The summed E-state index contributed by atoms with van der Waals surface area (Å²) in [5.41, 5.74) is 2.41. The average Bonchev–Trinajstić information content (AvgIpc) is 2.75. The third-order valence-corrected chi connectivity index (χ3v) is 7.79. The molecule has 2 aliphatic carbocycles. The molecule has 1 heteroatoms. The number of hydrogen-bond acceptors (Lipinski definition) is 1. The molecule has 3 rings (SSSR count). The molecule has 0 unspecified atom stereocenters. The molecule has 0 amide bonds. The van der Waals surface area contributed by atoms with Crippen molar-refractivity contribution in [3.05, 3.63) is 35.4 Å². The number of nitriles is 1. The van der Waals surface area contributed by atoms with Gasteiger partial charge in [0.25, 0.3) is 0 Å². The molecule has 1 nitrogen and oxygen atoms in total. The standard InChI is InChI=1S/C26H39N/c1-3-5-6-7-22-8-12-23(13-9-22)24-16-18-26(20-27,19-17-24)25-14-10-21(4-2)11-15-25/h10-11,14-15,22-24H,3-9,12-13,16-19H2,1-2H3. The molecule has 0 heterocycles. The Morgan fingerprint density at radius 3 is 2.07 bits per heavy atom. The second kappa shape index (κ2) is 9.77. The van der Waals surface area contributed by atoms with E-state index in [9.17, 15) is 5.26 Å². The molecule has 0 spiro atoms. The van der Waals surface area contributed by atoms with Crippen LogP contribution in [0.2, 0.25) is 0 Å². The van der Waals surface area contributed by atoms with Gasteiger partial charge in [-0.3, -0.25) is 0 Å². The second-order valence-electron chi connectivity index (χ2n) is 9.36. The normalized spacial score (nSPS) is 31.4. The van der Waals surface area contributed by atoms with Crippen molar-refractivity contribution in [3.63, 3.8) is 0 Å². The van der Waals surface area contributed by atoms with Crippen LogP contribution in [0.3, 0.4) is 0 Å². The molecule has 1 aromatic rings. The average molecular weight is 366 g/mol. The Morgan fingerprint density at radius 1 is 0.889 bits per heavy atom. The van der Waals surface area contributed by atoms with Gasteiger partial charge in [-0.25, -0.2) is 0 Å². The van der Waals surface area contributed by atoms with E-state index in [-0.39, 0.29) is 5.41 Å². The molecule has 0 radical (unpaired) electrons. The lowest BCUT2D eigenvalue weighted by Gasteiger charge is -2.41. The fourth-order valence-electron chi connectivity index (χ4n) is 5.76. The summed E-state index contributed by atoms with van der Waals surface area (Å²) in [5, 5.41) is 10.0. The van der Waals surface area contributed by atoms with Crippen LogP contribution in [0, 0.1) is 29.1 Å². The fraction of sp³-hybridized carbons (Fsp3) is 0.731. The first-order chi connectivity index (χ1) is 13.2.